The van der Waals surface area contributed by atoms with E-state index in [0.29, 0.717) is 0 Å². The molecule has 1 heterocycles. The van der Waals surface area contributed by atoms with E-state index in [1.165, 1.54) is 0 Å². The molecule has 2 aromatic carbocycles. The monoisotopic (exact) mass is 520 g/mol. The Bertz CT molecular complexity index is 672. The van der Waals surface area contributed by atoms with E-state index in [9.17, 15) is 4.79 Å². The van der Waals surface area contributed by atoms with E-state index in [4.69, 9.17) is 0 Å². The van der Waals surface area contributed by atoms with Crippen LogP contribution in [0.3, 0.4) is 0 Å². The quantitative estimate of drug-likeness (QED) is 0.508. The molecule has 0 spiro atoms. The van der Waals surface area contributed by atoms with Crippen LogP contribution in [0, 0.1) is 0 Å². The number of rotatable bonds is 2. The summed E-state index contributed by atoms with van der Waals surface area (Å²) in [7, 11) is 0. The van der Waals surface area contributed by atoms with Gasteiger partial charge in [-0.3, -0.25) is 0 Å². The van der Waals surface area contributed by atoms with Gasteiger partial charge in [0.25, 0.3) is 0 Å². The van der Waals surface area contributed by atoms with E-state index < -0.39 is 13.8 Å². The van der Waals surface area contributed by atoms with Gasteiger partial charge in [0.15, 0.2) is 0 Å². The van der Waals surface area contributed by atoms with Gasteiger partial charge >= 0.3 is 141 Å². The molecular formula is C17H12Br2OTe. The molecule has 0 unspecified atom stereocenters. The van der Waals surface area contributed by atoms with Gasteiger partial charge in [-0.2, -0.15) is 0 Å². The molecule has 21 heavy (non-hydrogen) atoms. The third kappa shape index (κ3) is 3.10. The molecule has 0 fully saturated rings. The second-order valence-corrected chi connectivity index (χ2v) is 28.7. The maximum atomic E-state index is 12.2. The molecule has 106 valence electrons. The number of carbonyl (C=O) groups is 1. The molecule has 0 aromatic heterocycles. The summed E-state index contributed by atoms with van der Waals surface area (Å²) in [6.07, 6.45) is 3.51. The summed E-state index contributed by atoms with van der Waals surface area (Å²) >= 11 is 5.03. The first-order chi connectivity index (χ1) is 10.1. The van der Waals surface area contributed by atoms with Crippen LogP contribution in [0.4, 0.5) is 0 Å². The molecule has 0 atom stereocenters. The van der Waals surface area contributed by atoms with Crippen LogP contribution in [0.5, 0.6) is 0 Å². The van der Waals surface area contributed by atoms with E-state index in [0.717, 1.165) is 18.4 Å². The van der Waals surface area contributed by atoms with Crippen LogP contribution >= 0.6 is 25.5 Å². The standard InChI is InChI=1S/C17H12Br2OTe/c18-21(19)16(13-7-3-1-4-8-13)11-15(20)12-17(21)14-9-5-2-6-10-14/h1-12H. The fourth-order valence-electron chi connectivity index (χ4n) is 2.23. The molecule has 0 saturated heterocycles. The SMILES string of the molecule is O=C1C=C(c2ccccc2)[Te](Br)(Br)C(c2ccccc2)=C1. The van der Waals surface area contributed by atoms with Gasteiger partial charge in [0.05, 0.1) is 0 Å². The Hall–Kier alpha value is -0.660. The maximum absolute atomic E-state index is 12.2. The molecule has 1 aliphatic heterocycles. The van der Waals surface area contributed by atoms with Gasteiger partial charge in [-0.05, 0) is 0 Å². The summed E-state index contributed by atoms with van der Waals surface area (Å²) < 4.78 is 2.20. The Kier molecular flexibility index (Phi) is 4.51. The second-order valence-electron chi connectivity index (χ2n) is 4.62. The number of ketones is 1. The molecule has 0 amide bonds. The van der Waals surface area contributed by atoms with Gasteiger partial charge in [-0.15, -0.1) is 0 Å². The van der Waals surface area contributed by atoms with Crippen molar-refractivity contribution in [2.45, 2.75) is 0 Å². The number of hydrogen-bond donors (Lipinski definition) is 0. The van der Waals surface area contributed by atoms with Crippen LogP contribution in [0.25, 0.3) is 7.24 Å². The van der Waals surface area contributed by atoms with Gasteiger partial charge in [0, 0.05) is 0 Å². The van der Waals surface area contributed by atoms with Crippen molar-refractivity contribution in [3.8, 4) is 0 Å². The minimum atomic E-state index is -2.86. The molecule has 0 bridgehead atoms. The van der Waals surface area contributed by atoms with Crippen molar-refractivity contribution in [3.05, 3.63) is 83.9 Å². The van der Waals surface area contributed by atoms with Crippen molar-refractivity contribution in [2.75, 3.05) is 0 Å². The van der Waals surface area contributed by atoms with Crippen molar-refractivity contribution in [3.63, 3.8) is 0 Å². The van der Waals surface area contributed by atoms with Crippen molar-refractivity contribution in [2.24, 2.45) is 0 Å². The molecule has 0 N–H and O–H groups in total. The molecule has 0 aliphatic carbocycles. The Morgan fingerprint density at radius 3 is 1.43 bits per heavy atom. The summed E-state index contributed by atoms with van der Waals surface area (Å²) in [4.78, 5) is 12.2. The first-order valence-electron chi connectivity index (χ1n) is 6.40. The van der Waals surface area contributed by atoms with E-state index in [1.54, 1.807) is 12.2 Å². The molecule has 1 aliphatic rings. The van der Waals surface area contributed by atoms with Crippen molar-refractivity contribution < 1.29 is 4.79 Å². The third-order valence-electron chi connectivity index (χ3n) is 3.22. The first-order valence-corrected chi connectivity index (χ1v) is 19.2. The Morgan fingerprint density at radius 1 is 0.667 bits per heavy atom. The van der Waals surface area contributed by atoms with Gasteiger partial charge in [-0.1, -0.05) is 0 Å². The molecule has 0 radical (unpaired) electrons. The van der Waals surface area contributed by atoms with Crippen molar-refractivity contribution in [1.82, 2.24) is 0 Å². The number of allylic oxidation sites excluding steroid dienone is 2. The van der Waals surface area contributed by atoms with Crippen LogP contribution in [-0.4, -0.2) is 19.5 Å². The van der Waals surface area contributed by atoms with Gasteiger partial charge in [-0.25, -0.2) is 0 Å². The predicted octanol–water partition coefficient (Wildman–Crippen LogP) is 5.05. The molecular weight excluding hydrogens is 508 g/mol. The molecule has 2 aromatic rings. The van der Waals surface area contributed by atoms with E-state index >= 15 is 0 Å². The van der Waals surface area contributed by atoms with Crippen LogP contribution < -0.4 is 0 Å². The summed E-state index contributed by atoms with van der Waals surface area (Å²) in [5, 5.41) is 0. The normalized spacial score (nSPS) is 18.7. The first kappa shape index (κ1) is 15.2. The molecule has 3 rings (SSSR count). The minimum absolute atomic E-state index is 0.0496. The fraction of sp³-hybridized carbons (Fsp3) is 0. The zero-order chi connectivity index (χ0) is 14.9. The number of halogens is 2. The average Bonchev–Trinajstić information content (AvgIpc) is 2.51. The number of carbonyl (C=O) groups excluding carboxylic acids is 1. The van der Waals surface area contributed by atoms with Crippen LogP contribution in [0.2, 0.25) is 0 Å². The van der Waals surface area contributed by atoms with Crippen molar-refractivity contribution >= 4 is 52.3 Å². The zero-order valence-corrected chi connectivity index (χ0v) is 16.5. The Balaban J connectivity index is 2.12. The van der Waals surface area contributed by atoms with E-state index in [2.05, 4.69) is 49.8 Å². The van der Waals surface area contributed by atoms with Gasteiger partial charge < -0.3 is 0 Å². The van der Waals surface area contributed by atoms with Crippen LogP contribution in [0.1, 0.15) is 11.1 Å². The summed E-state index contributed by atoms with van der Waals surface area (Å²) in [5.41, 5.74) is 2.20. The van der Waals surface area contributed by atoms with Gasteiger partial charge in [0.1, 0.15) is 0 Å². The van der Waals surface area contributed by atoms with E-state index in [1.807, 2.05) is 36.4 Å². The second kappa shape index (κ2) is 6.22. The Labute approximate surface area is 140 Å². The number of hydrogen-bond acceptors (Lipinski definition) is 1. The van der Waals surface area contributed by atoms with Gasteiger partial charge in [0.2, 0.25) is 0 Å². The van der Waals surface area contributed by atoms with Crippen LogP contribution in [-0.2, 0) is 4.79 Å². The Morgan fingerprint density at radius 2 is 1.05 bits per heavy atom. The molecule has 0 saturated carbocycles. The predicted molar refractivity (Wildman–Crippen MR) is 97.5 cm³/mol. The molecule has 4 heteroatoms. The third-order valence-corrected chi connectivity index (χ3v) is 17.7. The average molecular weight is 520 g/mol. The summed E-state index contributed by atoms with van der Waals surface area (Å²) in [5.74, 6) is 0.0496. The zero-order valence-electron chi connectivity index (χ0n) is 11.0. The molecule has 1 nitrogen and oxygen atoms in total. The summed E-state index contributed by atoms with van der Waals surface area (Å²) in [6, 6.07) is 20.2. The van der Waals surface area contributed by atoms with Crippen LogP contribution in [0.15, 0.2) is 72.8 Å². The summed E-state index contributed by atoms with van der Waals surface area (Å²) in [6.45, 7) is 0. The number of benzene rings is 2. The van der Waals surface area contributed by atoms with Crippen molar-refractivity contribution in [1.29, 1.82) is 0 Å². The fourth-order valence-corrected chi connectivity index (χ4v) is 14.4. The van der Waals surface area contributed by atoms with E-state index in [-0.39, 0.29) is 5.78 Å². The topological polar surface area (TPSA) is 17.1 Å².